The first kappa shape index (κ1) is 76.2. The molecule has 2 fully saturated rings. The molecule has 0 aliphatic carbocycles. The minimum atomic E-state index is -1.92. The highest BCUT2D eigenvalue weighted by atomic mass is 16.8. The Bertz CT molecular complexity index is 1930. The molecule has 2 aliphatic rings. The van der Waals surface area contributed by atoms with Crippen molar-refractivity contribution in [3.63, 3.8) is 0 Å². The number of hydrogen-bond acceptors (Lipinski definition) is 22. The third kappa shape index (κ3) is 35.5. The summed E-state index contributed by atoms with van der Waals surface area (Å²) in [4.78, 5) is 115. The number of ether oxygens (including phenoxy) is 13. The fourth-order valence-corrected chi connectivity index (χ4v) is 10.4. The maximum atomic E-state index is 13.4. The summed E-state index contributed by atoms with van der Waals surface area (Å²) in [6, 6.07) is 0. The maximum absolute atomic E-state index is 13.4. The van der Waals surface area contributed by atoms with Gasteiger partial charge in [-0.1, -0.05) is 181 Å². The average Bonchev–Trinajstić information content (AvgIpc) is 2.32. The number of unbranched alkanes of at least 4 members (excludes halogenated alkanes) is 26. The molecule has 85 heavy (non-hydrogen) atoms. The fraction of sp³-hybridized carbons (Fsp3) is 0.857. The summed E-state index contributed by atoms with van der Waals surface area (Å²) in [5.41, 5.74) is 0. The van der Waals surface area contributed by atoms with Gasteiger partial charge in [-0.2, -0.15) is 0 Å². The van der Waals surface area contributed by atoms with E-state index in [4.69, 9.17) is 61.6 Å². The highest BCUT2D eigenvalue weighted by Crippen LogP contribution is 2.36. The molecule has 22 heteroatoms. The Kier molecular flexibility index (Phi) is 41.5. The Labute approximate surface area is 505 Å². The van der Waals surface area contributed by atoms with Crippen molar-refractivity contribution >= 4 is 53.7 Å². The van der Waals surface area contributed by atoms with Crippen molar-refractivity contribution in [3.8, 4) is 0 Å². The van der Waals surface area contributed by atoms with Crippen molar-refractivity contribution in [2.45, 2.75) is 322 Å². The lowest BCUT2D eigenvalue weighted by atomic mass is 9.96. The molecule has 0 amide bonds. The van der Waals surface area contributed by atoms with Crippen LogP contribution in [0.2, 0.25) is 0 Å². The molecule has 2 saturated heterocycles. The Morgan fingerprint density at radius 3 is 1.05 bits per heavy atom. The van der Waals surface area contributed by atoms with E-state index < -0.39 is 148 Å². The van der Waals surface area contributed by atoms with E-state index in [1.165, 1.54) is 116 Å². The summed E-state index contributed by atoms with van der Waals surface area (Å²) in [6.45, 7) is 9.70. The van der Waals surface area contributed by atoms with Crippen LogP contribution < -0.4 is 0 Å². The predicted octanol–water partition coefficient (Wildman–Crippen LogP) is 10.8. The highest BCUT2D eigenvalue weighted by molar-refractivity contribution is 5.71. The lowest BCUT2D eigenvalue weighted by molar-refractivity contribution is -0.363. The van der Waals surface area contributed by atoms with Gasteiger partial charge in [0.25, 0.3) is 0 Å². The molecule has 0 spiro atoms. The molecule has 0 bridgehead atoms. The van der Waals surface area contributed by atoms with Crippen LogP contribution in [0.1, 0.15) is 255 Å². The van der Waals surface area contributed by atoms with Crippen LogP contribution in [0.4, 0.5) is 0 Å². The van der Waals surface area contributed by atoms with Crippen molar-refractivity contribution in [2.75, 3.05) is 26.4 Å². The van der Waals surface area contributed by atoms with E-state index in [0.717, 1.165) is 99.8 Å². The molecule has 0 aromatic heterocycles. The first-order valence-corrected chi connectivity index (χ1v) is 31.8. The first-order chi connectivity index (χ1) is 40.7. The van der Waals surface area contributed by atoms with E-state index in [-0.39, 0.29) is 12.8 Å². The molecule has 490 valence electrons. The molecule has 0 N–H and O–H groups in total. The molecule has 0 aromatic carbocycles. The van der Waals surface area contributed by atoms with Crippen LogP contribution in [0.3, 0.4) is 0 Å². The molecule has 1 unspecified atom stereocenters. The number of carbonyl (C=O) groups is 9. The van der Waals surface area contributed by atoms with Gasteiger partial charge in [-0.15, -0.1) is 0 Å². The SMILES string of the molecule is CCCCCCCCCCCCCCCCCC(=O)OC[C@H]1O[C@H](OCC(COC(=O)CCCCCCCCCCCCCCC)OC(C)=O)[C@@H](OC(C)=O)[C@@H](O[C@H]2O[C@H](COC(C)=O)[C@@H](OC(C)=O)[C@H](OC(C)=O)[C@H]2OC(C)=O)[C@@H]1OC(C)=O. The smallest absolute Gasteiger partial charge is 0.305 e. The molecular weight excluding hydrogens is 1110 g/mol. The van der Waals surface area contributed by atoms with Crippen LogP contribution in [-0.2, 0) is 105 Å². The van der Waals surface area contributed by atoms with Crippen LogP contribution in [0, 0.1) is 0 Å². The minimum absolute atomic E-state index is 0.0476. The van der Waals surface area contributed by atoms with E-state index in [9.17, 15) is 43.2 Å². The molecule has 11 atom stereocenters. The third-order valence-electron chi connectivity index (χ3n) is 14.5. The Balaban J connectivity index is 2.39. The predicted molar refractivity (Wildman–Crippen MR) is 310 cm³/mol. The monoisotopic (exact) mass is 1210 g/mol. The fourth-order valence-electron chi connectivity index (χ4n) is 10.4. The largest absolute Gasteiger partial charge is 0.463 e. The van der Waals surface area contributed by atoms with Crippen LogP contribution in [0.5, 0.6) is 0 Å². The van der Waals surface area contributed by atoms with Crippen molar-refractivity contribution in [1.82, 2.24) is 0 Å². The standard InChI is InChI=1S/C63H106O22/c1-10-12-14-16-18-20-22-24-25-27-29-31-33-35-37-39-55(72)75-43-53-57(79-47(6)67)59(85-63-61(82-50(9)70)58(80-48(7)68)56(78-46(5)66)52(84-63)42-73-44(3)64)60(81-49(8)69)62(83-53)76-41-51(77-45(4)65)40-74-54(71)38-36-34-32-30-28-26-23-21-19-17-15-13-11-2/h51-53,56-63H,10-43H2,1-9H3/t51?,52-,53-,56-,57-,58+,59+,60+,61-,62+,63-/m1/s1. The van der Waals surface area contributed by atoms with Gasteiger partial charge in [-0.05, 0) is 12.8 Å². The van der Waals surface area contributed by atoms with Gasteiger partial charge in [0.15, 0.2) is 49.2 Å². The first-order valence-electron chi connectivity index (χ1n) is 31.8. The molecular formula is C63H106O22. The minimum Gasteiger partial charge on any atom is -0.463 e. The van der Waals surface area contributed by atoms with E-state index in [0.29, 0.717) is 12.8 Å². The zero-order valence-corrected chi connectivity index (χ0v) is 52.9. The van der Waals surface area contributed by atoms with Crippen molar-refractivity contribution in [1.29, 1.82) is 0 Å². The molecule has 2 aliphatic heterocycles. The molecule has 22 nitrogen and oxygen atoms in total. The zero-order chi connectivity index (χ0) is 62.8. The van der Waals surface area contributed by atoms with Crippen LogP contribution >= 0.6 is 0 Å². The Morgan fingerprint density at radius 1 is 0.329 bits per heavy atom. The number of hydrogen-bond donors (Lipinski definition) is 0. The van der Waals surface area contributed by atoms with Gasteiger partial charge < -0.3 is 61.6 Å². The third-order valence-corrected chi connectivity index (χ3v) is 14.5. The summed E-state index contributed by atoms with van der Waals surface area (Å²) < 4.78 is 75.8. The van der Waals surface area contributed by atoms with E-state index >= 15 is 0 Å². The van der Waals surface area contributed by atoms with Gasteiger partial charge in [0.05, 0.1) is 6.61 Å². The van der Waals surface area contributed by atoms with Gasteiger partial charge in [-0.3, -0.25) is 43.2 Å². The second kappa shape index (κ2) is 46.3. The number of rotatable bonds is 47. The van der Waals surface area contributed by atoms with Gasteiger partial charge in [0.2, 0.25) is 0 Å². The van der Waals surface area contributed by atoms with Gasteiger partial charge in [0.1, 0.15) is 38.1 Å². The van der Waals surface area contributed by atoms with Crippen molar-refractivity contribution in [2.24, 2.45) is 0 Å². The summed E-state index contributed by atoms with van der Waals surface area (Å²) in [7, 11) is 0. The van der Waals surface area contributed by atoms with Gasteiger partial charge in [-0.25, -0.2) is 0 Å². The lowest BCUT2D eigenvalue weighted by Gasteiger charge is -2.48. The Morgan fingerprint density at radius 2 is 0.659 bits per heavy atom. The normalized spacial score (nSPS) is 22.3. The number of carbonyl (C=O) groups excluding carboxylic acids is 9. The van der Waals surface area contributed by atoms with E-state index in [2.05, 4.69) is 13.8 Å². The highest BCUT2D eigenvalue weighted by Gasteiger charge is 2.58. The van der Waals surface area contributed by atoms with Crippen molar-refractivity contribution in [3.05, 3.63) is 0 Å². The van der Waals surface area contributed by atoms with Gasteiger partial charge >= 0.3 is 53.7 Å². The quantitative estimate of drug-likeness (QED) is 0.0311. The van der Waals surface area contributed by atoms with E-state index in [1.54, 1.807) is 0 Å². The molecule has 2 heterocycles. The molecule has 0 saturated carbocycles. The lowest BCUT2D eigenvalue weighted by Crippen LogP contribution is -2.67. The summed E-state index contributed by atoms with van der Waals surface area (Å²) in [6.07, 6.45) is 13.8. The second-order valence-electron chi connectivity index (χ2n) is 22.5. The zero-order valence-electron chi connectivity index (χ0n) is 52.9. The molecule has 2 rings (SSSR count). The molecule has 0 aromatic rings. The topological polar surface area (TPSA) is 274 Å². The number of esters is 9. The molecule has 0 radical (unpaired) electrons. The summed E-state index contributed by atoms with van der Waals surface area (Å²) >= 11 is 0. The maximum Gasteiger partial charge on any atom is 0.305 e. The summed E-state index contributed by atoms with van der Waals surface area (Å²) in [5.74, 6) is -7.28. The summed E-state index contributed by atoms with van der Waals surface area (Å²) in [5, 5.41) is 0. The van der Waals surface area contributed by atoms with Crippen LogP contribution in [0.15, 0.2) is 0 Å². The van der Waals surface area contributed by atoms with Crippen molar-refractivity contribution < 1.29 is 105 Å². The average molecular weight is 1220 g/mol. The van der Waals surface area contributed by atoms with E-state index in [1.807, 2.05) is 0 Å². The Hall–Kier alpha value is -4.93. The second-order valence-corrected chi connectivity index (χ2v) is 22.5. The van der Waals surface area contributed by atoms with Gasteiger partial charge in [0, 0.05) is 61.3 Å². The van der Waals surface area contributed by atoms with Crippen LogP contribution in [0.25, 0.3) is 0 Å². The van der Waals surface area contributed by atoms with Crippen LogP contribution in [-0.4, -0.2) is 148 Å².